The highest BCUT2D eigenvalue weighted by Gasteiger charge is 2.21. The van der Waals surface area contributed by atoms with Gasteiger partial charge >= 0.3 is 5.97 Å². The van der Waals surface area contributed by atoms with Gasteiger partial charge in [-0.1, -0.05) is 20.3 Å². The Labute approximate surface area is 101 Å². The average Bonchev–Trinajstić information content (AvgIpc) is 2.23. The molecule has 0 bridgehead atoms. The molecule has 0 aromatic heterocycles. The first-order valence-electron chi connectivity index (χ1n) is 5.55. The van der Waals surface area contributed by atoms with E-state index in [0.29, 0.717) is 6.42 Å². The first-order valence-corrected chi connectivity index (χ1v) is 6.94. The minimum absolute atomic E-state index is 0.110. The summed E-state index contributed by atoms with van der Waals surface area (Å²) in [7, 11) is 0. The topological polar surface area (TPSA) is 66.4 Å². The molecule has 5 heteroatoms. The summed E-state index contributed by atoms with van der Waals surface area (Å²) < 4.78 is 0. The van der Waals surface area contributed by atoms with Crippen LogP contribution in [0.15, 0.2) is 0 Å². The quantitative estimate of drug-likeness (QED) is 0.685. The molecule has 0 fully saturated rings. The standard InChI is InChI=1S/C11H21NO3S/c1-4-5-8(2)10(13)12-9(11(14)15)6-7-16-3/h8-9H,4-7H2,1-3H3,(H,12,13)(H,14,15). The van der Waals surface area contributed by atoms with Crippen molar-refractivity contribution < 1.29 is 14.7 Å². The number of carboxylic acid groups (broad SMARTS) is 1. The number of carbonyl (C=O) groups is 2. The average molecular weight is 247 g/mol. The van der Waals surface area contributed by atoms with Crippen LogP contribution in [-0.2, 0) is 9.59 Å². The largest absolute Gasteiger partial charge is 0.480 e. The highest BCUT2D eigenvalue weighted by molar-refractivity contribution is 7.98. The van der Waals surface area contributed by atoms with Crippen molar-refractivity contribution in [2.75, 3.05) is 12.0 Å². The number of hydrogen-bond donors (Lipinski definition) is 2. The summed E-state index contributed by atoms with van der Waals surface area (Å²) in [4.78, 5) is 22.5. The van der Waals surface area contributed by atoms with Crippen LogP contribution < -0.4 is 5.32 Å². The molecular weight excluding hydrogens is 226 g/mol. The lowest BCUT2D eigenvalue weighted by Crippen LogP contribution is -2.43. The molecule has 0 aromatic carbocycles. The molecule has 0 saturated carbocycles. The van der Waals surface area contributed by atoms with Crippen LogP contribution in [0, 0.1) is 5.92 Å². The van der Waals surface area contributed by atoms with E-state index in [1.165, 1.54) is 0 Å². The third kappa shape index (κ3) is 6.00. The molecule has 0 aliphatic heterocycles. The van der Waals surface area contributed by atoms with Crippen LogP contribution in [0.1, 0.15) is 33.1 Å². The van der Waals surface area contributed by atoms with E-state index >= 15 is 0 Å². The molecule has 0 saturated heterocycles. The number of nitrogens with one attached hydrogen (secondary N) is 1. The fraction of sp³-hybridized carbons (Fsp3) is 0.818. The molecule has 2 unspecified atom stereocenters. The van der Waals surface area contributed by atoms with E-state index in [9.17, 15) is 9.59 Å². The van der Waals surface area contributed by atoms with E-state index in [4.69, 9.17) is 5.11 Å². The Morgan fingerprint density at radius 1 is 1.38 bits per heavy atom. The summed E-state index contributed by atoms with van der Waals surface area (Å²) in [5.74, 6) is -0.484. The van der Waals surface area contributed by atoms with Crippen LogP contribution in [0.5, 0.6) is 0 Å². The molecule has 0 aliphatic carbocycles. The van der Waals surface area contributed by atoms with Gasteiger partial charge in [0.05, 0.1) is 0 Å². The van der Waals surface area contributed by atoms with Crippen molar-refractivity contribution in [2.45, 2.75) is 39.2 Å². The number of hydrogen-bond acceptors (Lipinski definition) is 3. The minimum atomic E-state index is -0.953. The van der Waals surface area contributed by atoms with E-state index in [1.54, 1.807) is 11.8 Å². The Kier molecular flexibility index (Phi) is 8.07. The second kappa shape index (κ2) is 8.44. The van der Waals surface area contributed by atoms with Crippen LogP contribution in [0.25, 0.3) is 0 Å². The van der Waals surface area contributed by atoms with Gasteiger partial charge in [0.15, 0.2) is 0 Å². The van der Waals surface area contributed by atoms with Crippen molar-refractivity contribution in [3.8, 4) is 0 Å². The third-order valence-electron chi connectivity index (χ3n) is 2.39. The summed E-state index contributed by atoms with van der Waals surface area (Å²) in [6, 6.07) is -0.751. The normalized spacial score (nSPS) is 14.2. The van der Waals surface area contributed by atoms with E-state index in [2.05, 4.69) is 5.32 Å². The van der Waals surface area contributed by atoms with Gasteiger partial charge in [0.2, 0.25) is 5.91 Å². The first-order chi connectivity index (χ1) is 7.52. The molecule has 4 nitrogen and oxygen atoms in total. The van der Waals surface area contributed by atoms with Crippen molar-refractivity contribution >= 4 is 23.6 Å². The first kappa shape index (κ1) is 15.3. The van der Waals surface area contributed by atoms with E-state index < -0.39 is 12.0 Å². The van der Waals surface area contributed by atoms with Gasteiger partial charge in [-0.25, -0.2) is 4.79 Å². The predicted octanol–water partition coefficient (Wildman–Crippen LogP) is 1.75. The number of amides is 1. The summed E-state index contributed by atoms with van der Waals surface area (Å²) >= 11 is 1.58. The Morgan fingerprint density at radius 3 is 2.44 bits per heavy atom. The number of aliphatic carboxylic acids is 1. The van der Waals surface area contributed by atoms with Crippen molar-refractivity contribution in [3.05, 3.63) is 0 Å². The smallest absolute Gasteiger partial charge is 0.326 e. The molecule has 94 valence electrons. The van der Waals surface area contributed by atoms with E-state index in [-0.39, 0.29) is 11.8 Å². The maximum Gasteiger partial charge on any atom is 0.326 e. The lowest BCUT2D eigenvalue weighted by Gasteiger charge is -2.17. The second-order valence-electron chi connectivity index (χ2n) is 3.87. The van der Waals surface area contributed by atoms with Gasteiger partial charge < -0.3 is 10.4 Å². The molecule has 0 rings (SSSR count). The number of carbonyl (C=O) groups excluding carboxylic acids is 1. The van der Waals surface area contributed by atoms with Crippen molar-refractivity contribution in [1.29, 1.82) is 0 Å². The molecule has 0 aliphatic rings. The fourth-order valence-corrected chi connectivity index (χ4v) is 1.84. The molecule has 0 spiro atoms. The van der Waals surface area contributed by atoms with Crippen molar-refractivity contribution in [3.63, 3.8) is 0 Å². The van der Waals surface area contributed by atoms with Gasteiger partial charge in [0, 0.05) is 5.92 Å². The molecule has 0 radical (unpaired) electrons. The van der Waals surface area contributed by atoms with Gasteiger partial charge in [-0.15, -0.1) is 0 Å². The zero-order valence-electron chi connectivity index (χ0n) is 10.2. The van der Waals surface area contributed by atoms with Gasteiger partial charge in [-0.05, 0) is 24.9 Å². The Morgan fingerprint density at radius 2 is 2.00 bits per heavy atom. The van der Waals surface area contributed by atoms with Gasteiger partial charge in [-0.3, -0.25) is 4.79 Å². The maximum atomic E-state index is 11.6. The molecule has 0 aromatic rings. The molecule has 16 heavy (non-hydrogen) atoms. The Hall–Kier alpha value is -0.710. The number of rotatable bonds is 8. The summed E-state index contributed by atoms with van der Waals surface area (Å²) in [6.07, 6.45) is 4.11. The van der Waals surface area contributed by atoms with Crippen molar-refractivity contribution in [1.82, 2.24) is 5.32 Å². The highest BCUT2D eigenvalue weighted by Crippen LogP contribution is 2.07. The summed E-state index contributed by atoms with van der Waals surface area (Å²) in [5, 5.41) is 11.5. The van der Waals surface area contributed by atoms with Gasteiger partial charge in [-0.2, -0.15) is 11.8 Å². The third-order valence-corrected chi connectivity index (χ3v) is 3.04. The number of carboxylic acids is 1. The molecule has 2 N–H and O–H groups in total. The minimum Gasteiger partial charge on any atom is -0.480 e. The van der Waals surface area contributed by atoms with Crippen LogP contribution in [0.4, 0.5) is 0 Å². The van der Waals surface area contributed by atoms with Gasteiger partial charge in [0.1, 0.15) is 6.04 Å². The predicted molar refractivity (Wildman–Crippen MR) is 66.6 cm³/mol. The zero-order valence-corrected chi connectivity index (χ0v) is 11.0. The lowest BCUT2D eigenvalue weighted by atomic mass is 10.0. The Balaban J connectivity index is 4.17. The highest BCUT2D eigenvalue weighted by atomic mass is 32.2. The summed E-state index contributed by atoms with van der Waals surface area (Å²) in [6.45, 7) is 3.83. The fourth-order valence-electron chi connectivity index (χ4n) is 1.37. The van der Waals surface area contributed by atoms with Gasteiger partial charge in [0.25, 0.3) is 0 Å². The van der Waals surface area contributed by atoms with Crippen LogP contribution in [0.3, 0.4) is 0 Å². The maximum absolute atomic E-state index is 11.6. The van der Waals surface area contributed by atoms with E-state index in [0.717, 1.165) is 18.6 Å². The molecule has 2 atom stereocenters. The van der Waals surface area contributed by atoms with Crippen LogP contribution in [0.2, 0.25) is 0 Å². The Bertz CT molecular complexity index is 233. The van der Waals surface area contributed by atoms with E-state index in [1.807, 2.05) is 20.1 Å². The number of thioether (sulfide) groups is 1. The lowest BCUT2D eigenvalue weighted by molar-refractivity contribution is -0.142. The molecule has 0 heterocycles. The SMILES string of the molecule is CCCC(C)C(=O)NC(CCSC)C(=O)O. The van der Waals surface area contributed by atoms with Crippen LogP contribution >= 0.6 is 11.8 Å². The summed E-state index contributed by atoms with van der Waals surface area (Å²) in [5.41, 5.74) is 0. The molecular formula is C11H21NO3S. The van der Waals surface area contributed by atoms with Crippen LogP contribution in [-0.4, -0.2) is 35.0 Å². The molecule has 1 amide bonds. The monoisotopic (exact) mass is 247 g/mol. The second-order valence-corrected chi connectivity index (χ2v) is 4.86. The zero-order chi connectivity index (χ0) is 12.6. The van der Waals surface area contributed by atoms with Crippen molar-refractivity contribution in [2.24, 2.45) is 5.92 Å².